The van der Waals surface area contributed by atoms with E-state index >= 15 is 0 Å². The molecule has 1 aliphatic heterocycles. The second kappa shape index (κ2) is 11.4. The standard InChI is InChI=1S/C26H32N4O3/c1-4-33-23-11-7-20(8-12-23)25(31)29-24(18(2)3)26(32)28-21-13-15-30(16-14-21)22-9-5-19(17-27)6-10-22/h5-12,18,21,24H,4,13-16H2,1-3H3,(H,28,32)(H,29,31). The number of carbonyl (C=O) groups excluding carboxylic acids is 2. The van der Waals surface area contributed by atoms with Gasteiger partial charge in [-0.25, -0.2) is 0 Å². The minimum atomic E-state index is -0.611. The fourth-order valence-corrected chi connectivity index (χ4v) is 3.95. The molecule has 7 heteroatoms. The third-order valence-electron chi connectivity index (χ3n) is 5.87. The number of benzene rings is 2. The summed E-state index contributed by atoms with van der Waals surface area (Å²) in [6.07, 6.45) is 1.65. The number of anilines is 1. The molecule has 2 N–H and O–H groups in total. The Morgan fingerprint density at radius 2 is 1.73 bits per heavy atom. The fourth-order valence-electron chi connectivity index (χ4n) is 3.95. The van der Waals surface area contributed by atoms with Gasteiger partial charge >= 0.3 is 0 Å². The maximum atomic E-state index is 13.0. The van der Waals surface area contributed by atoms with E-state index in [1.807, 2.05) is 45.0 Å². The van der Waals surface area contributed by atoms with Gasteiger partial charge in [-0.1, -0.05) is 13.8 Å². The number of nitrogens with one attached hydrogen (secondary N) is 2. The number of nitrogens with zero attached hydrogens (tertiary/aromatic N) is 2. The van der Waals surface area contributed by atoms with Gasteiger partial charge in [0.05, 0.1) is 18.2 Å². The molecule has 0 spiro atoms. The van der Waals surface area contributed by atoms with Crippen molar-refractivity contribution >= 4 is 17.5 Å². The highest BCUT2D eigenvalue weighted by Crippen LogP contribution is 2.21. The molecule has 1 saturated heterocycles. The number of hydrogen-bond donors (Lipinski definition) is 2. The molecule has 2 amide bonds. The molecule has 1 fully saturated rings. The van der Waals surface area contributed by atoms with Gasteiger partial charge in [-0.2, -0.15) is 5.26 Å². The van der Waals surface area contributed by atoms with Crippen LogP contribution in [0, 0.1) is 17.2 Å². The zero-order valence-corrected chi connectivity index (χ0v) is 19.5. The Morgan fingerprint density at radius 3 is 2.27 bits per heavy atom. The molecule has 2 aromatic carbocycles. The summed E-state index contributed by atoms with van der Waals surface area (Å²) in [4.78, 5) is 28.0. The maximum Gasteiger partial charge on any atom is 0.251 e. The van der Waals surface area contributed by atoms with Crippen molar-refractivity contribution in [3.8, 4) is 11.8 Å². The first kappa shape index (κ1) is 24.1. The van der Waals surface area contributed by atoms with Crippen LogP contribution in [-0.4, -0.2) is 43.6 Å². The van der Waals surface area contributed by atoms with E-state index in [9.17, 15) is 9.59 Å². The largest absolute Gasteiger partial charge is 0.494 e. The molecule has 7 nitrogen and oxygen atoms in total. The summed E-state index contributed by atoms with van der Waals surface area (Å²) in [5.74, 6) is 0.235. The average Bonchev–Trinajstić information content (AvgIpc) is 2.83. The topological polar surface area (TPSA) is 94.5 Å². The zero-order chi connectivity index (χ0) is 23.8. The second-order valence-corrected chi connectivity index (χ2v) is 8.58. The highest BCUT2D eigenvalue weighted by Gasteiger charge is 2.28. The molecule has 33 heavy (non-hydrogen) atoms. The van der Waals surface area contributed by atoms with Crippen molar-refractivity contribution in [2.75, 3.05) is 24.6 Å². The monoisotopic (exact) mass is 448 g/mol. The minimum Gasteiger partial charge on any atom is -0.494 e. The summed E-state index contributed by atoms with van der Waals surface area (Å²) in [5, 5.41) is 15.0. The molecule has 3 rings (SSSR count). The zero-order valence-electron chi connectivity index (χ0n) is 19.5. The third kappa shape index (κ3) is 6.48. The van der Waals surface area contributed by atoms with E-state index < -0.39 is 6.04 Å². The van der Waals surface area contributed by atoms with Crippen molar-refractivity contribution in [2.24, 2.45) is 5.92 Å². The van der Waals surface area contributed by atoms with E-state index in [2.05, 4.69) is 21.6 Å². The molecular formula is C26H32N4O3. The Balaban J connectivity index is 1.53. The summed E-state index contributed by atoms with van der Waals surface area (Å²) < 4.78 is 5.42. The normalized spacial score (nSPS) is 14.9. The first-order valence-corrected chi connectivity index (χ1v) is 11.5. The van der Waals surface area contributed by atoms with E-state index in [0.717, 1.165) is 31.6 Å². The van der Waals surface area contributed by atoms with Crippen LogP contribution in [0.4, 0.5) is 5.69 Å². The number of rotatable bonds is 8. The molecule has 1 aliphatic rings. The van der Waals surface area contributed by atoms with Crippen LogP contribution in [0.2, 0.25) is 0 Å². The fraction of sp³-hybridized carbons (Fsp3) is 0.423. The maximum absolute atomic E-state index is 13.0. The molecule has 174 valence electrons. The average molecular weight is 449 g/mol. The van der Waals surface area contributed by atoms with Gasteiger partial charge < -0.3 is 20.3 Å². The van der Waals surface area contributed by atoms with Gasteiger partial charge in [0.15, 0.2) is 0 Å². The minimum absolute atomic E-state index is 0.0459. The van der Waals surface area contributed by atoms with Gasteiger partial charge in [-0.3, -0.25) is 9.59 Å². The van der Waals surface area contributed by atoms with Crippen molar-refractivity contribution in [1.82, 2.24) is 10.6 Å². The lowest BCUT2D eigenvalue weighted by atomic mass is 9.99. The summed E-state index contributed by atoms with van der Waals surface area (Å²) in [6.45, 7) is 7.97. The number of carbonyl (C=O) groups is 2. The van der Waals surface area contributed by atoms with Crippen molar-refractivity contribution in [3.63, 3.8) is 0 Å². The molecule has 0 saturated carbocycles. The molecular weight excluding hydrogens is 416 g/mol. The van der Waals surface area contributed by atoms with Gasteiger partial charge in [-0.15, -0.1) is 0 Å². The van der Waals surface area contributed by atoms with Gasteiger partial charge in [0.1, 0.15) is 11.8 Å². The first-order chi connectivity index (χ1) is 15.9. The Morgan fingerprint density at radius 1 is 1.09 bits per heavy atom. The summed E-state index contributed by atoms with van der Waals surface area (Å²) >= 11 is 0. The Kier molecular flexibility index (Phi) is 8.31. The van der Waals surface area contributed by atoms with Crippen LogP contribution < -0.4 is 20.3 Å². The molecule has 1 unspecified atom stereocenters. The Bertz CT molecular complexity index is 972. The predicted molar refractivity (Wildman–Crippen MR) is 128 cm³/mol. The summed E-state index contributed by atoms with van der Waals surface area (Å²) in [7, 11) is 0. The van der Waals surface area contributed by atoms with Crippen LogP contribution in [0.5, 0.6) is 5.75 Å². The van der Waals surface area contributed by atoms with E-state index in [4.69, 9.17) is 10.00 Å². The molecule has 0 aromatic heterocycles. The second-order valence-electron chi connectivity index (χ2n) is 8.58. The highest BCUT2D eigenvalue weighted by atomic mass is 16.5. The van der Waals surface area contributed by atoms with Crippen molar-refractivity contribution in [1.29, 1.82) is 5.26 Å². The first-order valence-electron chi connectivity index (χ1n) is 11.5. The van der Waals surface area contributed by atoms with Crippen LogP contribution in [0.25, 0.3) is 0 Å². The Labute approximate surface area is 195 Å². The van der Waals surface area contributed by atoms with Gasteiger partial charge in [0.2, 0.25) is 5.91 Å². The van der Waals surface area contributed by atoms with Crippen molar-refractivity contribution < 1.29 is 14.3 Å². The molecule has 0 bridgehead atoms. The van der Waals surface area contributed by atoms with E-state index in [1.165, 1.54) is 0 Å². The number of ether oxygens (including phenoxy) is 1. The number of amides is 2. The lowest BCUT2D eigenvalue weighted by Gasteiger charge is -2.35. The van der Waals surface area contributed by atoms with E-state index in [-0.39, 0.29) is 23.8 Å². The van der Waals surface area contributed by atoms with Gasteiger partial charge in [0, 0.05) is 30.4 Å². The summed E-state index contributed by atoms with van der Waals surface area (Å²) in [5.41, 5.74) is 2.22. The summed E-state index contributed by atoms with van der Waals surface area (Å²) in [6, 6.07) is 16.1. The molecule has 1 atom stereocenters. The SMILES string of the molecule is CCOc1ccc(C(=O)NC(C(=O)NC2CCN(c3ccc(C#N)cc3)CC2)C(C)C)cc1. The lowest BCUT2D eigenvalue weighted by Crippen LogP contribution is -2.54. The van der Waals surface area contributed by atoms with Crippen molar-refractivity contribution in [2.45, 2.75) is 45.7 Å². The number of nitriles is 1. The van der Waals surface area contributed by atoms with Crippen LogP contribution in [0.3, 0.4) is 0 Å². The number of piperidine rings is 1. The third-order valence-corrected chi connectivity index (χ3v) is 5.87. The smallest absolute Gasteiger partial charge is 0.251 e. The lowest BCUT2D eigenvalue weighted by molar-refractivity contribution is -0.124. The van der Waals surface area contributed by atoms with E-state index in [1.54, 1.807) is 24.3 Å². The number of hydrogen-bond acceptors (Lipinski definition) is 5. The van der Waals surface area contributed by atoms with Crippen LogP contribution in [0.1, 0.15) is 49.5 Å². The molecule has 0 radical (unpaired) electrons. The van der Waals surface area contributed by atoms with Gasteiger partial charge in [0.25, 0.3) is 5.91 Å². The van der Waals surface area contributed by atoms with Crippen LogP contribution >= 0.6 is 0 Å². The Hall–Kier alpha value is -3.53. The van der Waals surface area contributed by atoms with Crippen LogP contribution in [0.15, 0.2) is 48.5 Å². The molecule has 0 aliphatic carbocycles. The van der Waals surface area contributed by atoms with Crippen molar-refractivity contribution in [3.05, 3.63) is 59.7 Å². The van der Waals surface area contributed by atoms with Gasteiger partial charge in [-0.05, 0) is 74.2 Å². The molecule has 2 aromatic rings. The molecule has 1 heterocycles. The highest BCUT2D eigenvalue weighted by molar-refractivity contribution is 5.97. The van der Waals surface area contributed by atoms with E-state index in [0.29, 0.717) is 23.5 Å². The predicted octanol–water partition coefficient (Wildman–Crippen LogP) is 3.50. The van der Waals surface area contributed by atoms with Crippen LogP contribution in [-0.2, 0) is 4.79 Å². The quantitative estimate of drug-likeness (QED) is 0.645.